The van der Waals surface area contributed by atoms with E-state index in [2.05, 4.69) is 65.7 Å². The maximum atomic E-state index is 9.31. The van der Waals surface area contributed by atoms with Gasteiger partial charge in [0.15, 0.2) is 0 Å². The molecule has 1 N–H and O–H groups in total. The van der Waals surface area contributed by atoms with Gasteiger partial charge in [-0.1, -0.05) is 36.4 Å². The largest absolute Gasteiger partial charge is 0.396 e. The lowest BCUT2D eigenvalue weighted by Gasteiger charge is -2.41. The third-order valence-electron chi connectivity index (χ3n) is 6.48. The van der Waals surface area contributed by atoms with Crippen LogP contribution in [0.3, 0.4) is 0 Å². The number of aryl methyl sites for hydroxylation is 1. The highest BCUT2D eigenvalue weighted by Gasteiger charge is 2.44. The van der Waals surface area contributed by atoms with E-state index in [9.17, 15) is 5.11 Å². The second kappa shape index (κ2) is 6.65. The smallest absolute Gasteiger partial charge is 0.0702 e. The molecule has 0 unspecified atom stereocenters. The van der Waals surface area contributed by atoms with Crippen LogP contribution < -0.4 is 4.90 Å². The number of aliphatic hydroxyl groups is 1. The van der Waals surface area contributed by atoms with E-state index < -0.39 is 0 Å². The van der Waals surface area contributed by atoms with Gasteiger partial charge >= 0.3 is 0 Å². The van der Waals surface area contributed by atoms with E-state index in [-0.39, 0.29) is 0 Å². The maximum absolute atomic E-state index is 9.31. The van der Waals surface area contributed by atoms with Gasteiger partial charge in [-0.05, 0) is 60.4 Å². The van der Waals surface area contributed by atoms with Crippen molar-refractivity contribution in [3.8, 4) is 0 Å². The van der Waals surface area contributed by atoms with Crippen molar-refractivity contribution in [1.29, 1.82) is 0 Å². The molecule has 3 heteroatoms. The lowest BCUT2D eigenvalue weighted by atomic mass is 9.88. The molecule has 1 aliphatic heterocycles. The van der Waals surface area contributed by atoms with Crippen molar-refractivity contribution in [3.63, 3.8) is 0 Å². The molecule has 2 aromatic carbocycles. The molecule has 27 heavy (non-hydrogen) atoms. The van der Waals surface area contributed by atoms with E-state index in [0.29, 0.717) is 17.9 Å². The molecule has 1 saturated heterocycles. The van der Waals surface area contributed by atoms with Crippen LogP contribution in [0.15, 0.2) is 60.8 Å². The zero-order chi connectivity index (χ0) is 18.3. The Hall–Kier alpha value is -2.39. The molecular formula is C24H26N2O. The Kier molecular flexibility index (Phi) is 4.13. The maximum Gasteiger partial charge on any atom is 0.0702 e. The highest BCUT2D eigenvalue weighted by Crippen LogP contribution is 2.52. The fourth-order valence-corrected chi connectivity index (χ4v) is 4.48. The van der Waals surface area contributed by atoms with Crippen molar-refractivity contribution in [3.05, 3.63) is 71.9 Å². The minimum Gasteiger partial charge on any atom is -0.396 e. The van der Waals surface area contributed by atoms with Crippen LogP contribution in [0, 0.1) is 5.92 Å². The molecule has 5 rings (SSSR count). The highest BCUT2D eigenvalue weighted by molar-refractivity contribution is 5.79. The summed E-state index contributed by atoms with van der Waals surface area (Å²) < 4.78 is 0. The zero-order valence-corrected chi connectivity index (χ0v) is 15.6. The van der Waals surface area contributed by atoms with Gasteiger partial charge in [-0.15, -0.1) is 0 Å². The Bertz CT molecular complexity index is 957. The van der Waals surface area contributed by atoms with Crippen LogP contribution in [0.4, 0.5) is 5.69 Å². The summed E-state index contributed by atoms with van der Waals surface area (Å²) in [6.45, 7) is 2.26. The van der Waals surface area contributed by atoms with Crippen molar-refractivity contribution in [1.82, 2.24) is 4.98 Å². The molecule has 3 aromatic rings. The minimum absolute atomic E-state index is 0.302. The number of pyridine rings is 1. The van der Waals surface area contributed by atoms with Crippen LogP contribution >= 0.6 is 0 Å². The third-order valence-corrected chi connectivity index (χ3v) is 6.48. The van der Waals surface area contributed by atoms with Gasteiger partial charge in [-0.3, -0.25) is 4.98 Å². The van der Waals surface area contributed by atoms with Gasteiger partial charge in [-0.2, -0.15) is 0 Å². The molecule has 0 spiro atoms. The standard InChI is InChI=1S/C24H26N2O/c27-17-18-15-26(16-18)23-8-4-2-5-19(23)9-10-24(11-12-24)21-13-20-6-1-3-7-22(20)25-14-21/h1-8,13-14,18,27H,9-12,15-17H2. The Morgan fingerprint density at radius 2 is 1.81 bits per heavy atom. The van der Waals surface area contributed by atoms with Gasteiger partial charge in [0.25, 0.3) is 0 Å². The average Bonchev–Trinajstić information content (AvgIpc) is 3.47. The number of benzene rings is 2. The number of hydrogen-bond donors (Lipinski definition) is 1. The number of anilines is 1. The van der Waals surface area contributed by atoms with E-state index in [1.165, 1.54) is 41.5 Å². The zero-order valence-electron chi connectivity index (χ0n) is 15.6. The van der Waals surface area contributed by atoms with E-state index in [1.54, 1.807) is 0 Å². The predicted molar refractivity (Wildman–Crippen MR) is 110 cm³/mol. The third kappa shape index (κ3) is 3.10. The van der Waals surface area contributed by atoms with Crippen LogP contribution in [0.2, 0.25) is 0 Å². The molecule has 1 saturated carbocycles. The lowest BCUT2D eigenvalue weighted by Crippen LogP contribution is -2.48. The molecule has 3 nitrogen and oxygen atoms in total. The summed E-state index contributed by atoms with van der Waals surface area (Å²) in [5.74, 6) is 0.441. The number of para-hydroxylation sites is 2. The van der Waals surface area contributed by atoms with Gasteiger partial charge in [0, 0.05) is 42.9 Å². The minimum atomic E-state index is 0.302. The van der Waals surface area contributed by atoms with Crippen molar-refractivity contribution >= 4 is 16.6 Å². The topological polar surface area (TPSA) is 36.4 Å². The molecule has 2 fully saturated rings. The summed E-state index contributed by atoms with van der Waals surface area (Å²) in [4.78, 5) is 7.11. The summed E-state index contributed by atoms with van der Waals surface area (Å²) >= 11 is 0. The van der Waals surface area contributed by atoms with Crippen molar-refractivity contribution in [2.75, 3.05) is 24.6 Å². The van der Waals surface area contributed by atoms with Crippen LogP contribution in [-0.2, 0) is 11.8 Å². The molecular weight excluding hydrogens is 332 g/mol. The van der Waals surface area contributed by atoms with Crippen LogP contribution in [0.1, 0.15) is 30.4 Å². The Balaban J connectivity index is 1.34. The first kappa shape index (κ1) is 16.8. The highest BCUT2D eigenvalue weighted by atomic mass is 16.3. The summed E-state index contributed by atoms with van der Waals surface area (Å²) in [7, 11) is 0. The summed E-state index contributed by atoms with van der Waals surface area (Å²) in [6.07, 6.45) is 6.92. The van der Waals surface area contributed by atoms with E-state index in [1.807, 2.05) is 0 Å². The summed E-state index contributed by atoms with van der Waals surface area (Å²) in [5.41, 5.74) is 5.59. The molecule has 0 bridgehead atoms. The second-order valence-electron chi connectivity index (χ2n) is 8.28. The van der Waals surface area contributed by atoms with Crippen molar-refractivity contribution in [2.24, 2.45) is 5.92 Å². The van der Waals surface area contributed by atoms with Crippen molar-refractivity contribution < 1.29 is 5.11 Å². The van der Waals surface area contributed by atoms with E-state index in [4.69, 9.17) is 4.98 Å². The van der Waals surface area contributed by atoms with Gasteiger partial charge < -0.3 is 10.0 Å². The van der Waals surface area contributed by atoms with Gasteiger partial charge in [0.2, 0.25) is 0 Å². The first-order valence-electron chi connectivity index (χ1n) is 10.1. The molecule has 2 aliphatic rings. The van der Waals surface area contributed by atoms with Crippen LogP contribution in [0.5, 0.6) is 0 Å². The Morgan fingerprint density at radius 1 is 1.04 bits per heavy atom. The number of aliphatic hydroxyl groups excluding tert-OH is 1. The second-order valence-corrected chi connectivity index (χ2v) is 8.28. The Morgan fingerprint density at radius 3 is 2.63 bits per heavy atom. The van der Waals surface area contributed by atoms with E-state index in [0.717, 1.165) is 25.0 Å². The van der Waals surface area contributed by atoms with Crippen LogP contribution in [-0.4, -0.2) is 29.8 Å². The summed E-state index contributed by atoms with van der Waals surface area (Å²) in [5, 5.41) is 10.6. The Labute approximate surface area is 160 Å². The lowest BCUT2D eigenvalue weighted by molar-refractivity contribution is 0.200. The number of nitrogens with zero attached hydrogens (tertiary/aromatic N) is 2. The van der Waals surface area contributed by atoms with Gasteiger partial charge in [-0.25, -0.2) is 0 Å². The average molecular weight is 358 g/mol. The summed E-state index contributed by atoms with van der Waals surface area (Å²) in [6, 6.07) is 19.5. The van der Waals surface area contributed by atoms with Crippen molar-refractivity contribution in [2.45, 2.75) is 31.1 Å². The molecule has 138 valence electrons. The normalized spacial score (nSPS) is 18.5. The SMILES string of the molecule is OCC1CN(c2ccccc2CCC2(c3cnc4ccccc4c3)CC2)C1. The molecule has 1 aliphatic carbocycles. The number of fused-ring (bicyclic) bond motifs is 1. The molecule has 1 aromatic heterocycles. The van der Waals surface area contributed by atoms with E-state index >= 15 is 0 Å². The predicted octanol–water partition coefficient (Wildman–Crippen LogP) is 4.33. The number of aromatic nitrogens is 1. The van der Waals surface area contributed by atoms with Gasteiger partial charge in [0.1, 0.15) is 0 Å². The monoisotopic (exact) mass is 358 g/mol. The number of rotatable bonds is 6. The first-order valence-corrected chi connectivity index (χ1v) is 10.1. The molecule has 0 atom stereocenters. The molecule has 0 radical (unpaired) electrons. The van der Waals surface area contributed by atoms with Crippen LogP contribution in [0.25, 0.3) is 10.9 Å². The fourth-order valence-electron chi connectivity index (χ4n) is 4.48. The molecule has 2 heterocycles. The fraction of sp³-hybridized carbons (Fsp3) is 0.375. The number of hydrogen-bond acceptors (Lipinski definition) is 3. The molecule has 0 amide bonds. The van der Waals surface area contributed by atoms with Gasteiger partial charge in [0.05, 0.1) is 5.52 Å². The first-order chi connectivity index (χ1) is 13.3. The quantitative estimate of drug-likeness (QED) is 0.713.